The average Bonchev–Trinajstić information content (AvgIpc) is 2.50. The van der Waals surface area contributed by atoms with Gasteiger partial charge >= 0.3 is 6.18 Å². The summed E-state index contributed by atoms with van der Waals surface area (Å²) in [5.41, 5.74) is -0.187. The molecule has 0 spiro atoms. The Morgan fingerprint density at radius 1 is 1.33 bits per heavy atom. The molecule has 1 aliphatic heterocycles. The highest BCUT2D eigenvalue weighted by molar-refractivity contribution is 6.34. The highest BCUT2D eigenvalue weighted by Crippen LogP contribution is 2.25. The van der Waals surface area contributed by atoms with Gasteiger partial charge in [-0.15, -0.1) is 12.4 Å². The minimum absolute atomic E-state index is 0. The van der Waals surface area contributed by atoms with Crippen LogP contribution in [0.5, 0.6) is 0 Å². The van der Waals surface area contributed by atoms with Crippen molar-refractivity contribution < 1.29 is 22.4 Å². The quantitative estimate of drug-likeness (QED) is 0.777. The number of piperazine rings is 1. The third-order valence-electron chi connectivity index (χ3n) is 3.62. The van der Waals surface area contributed by atoms with Crippen molar-refractivity contribution in [2.24, 2.45) is 0 Å². The Labute approximate surface area is 147 Å². The molecule has 0 radical (unpaired) electrons. The number of nitrogens with one attached hydrogen (secondary N) is 2. The summed E-state index contributed by atoms with van der Waals surface area (Å²) in [6.45, 7) is 0.767. The first-order valence-corrected chi connectivity index (χ1v) is 7.42. The van der Waals surface area contributed by atoms with Gasteiger partial charge in [0, 0.05) is 32.7 Å². The largest absolute Gasteiger partial charge is 0.405 e. The van der Waals surface area contributed by atoms with E-state index in [1.54, 1.807) is 0 Å². The van der Waals surface area contributed by atoms with Gasteiger partial charge in [0.25, 0.3) is 5.91 Å². The maximum absolute atomic E-state index is 13.3. The summed E-state index contributed by atoms with van der Waals surface area (Å²) in [6, 6.07) is 1.81. The van der Waals surface area contributed by atoms with Crippen LogP contribution in [-0.4, -0.2) is 55.7 Å². The summed E-state index contributed by atoms with van der Waals surface area (Å²) >= 11 is 5.67. The molecule has 136 valence electrons. The molecule has 1 aromatic carbocycles. The van der Waals surface area contributed by atoms with Gasteiger partial charge in [0.05, 0.1) is 10.6 Å². The Bertz CT molecular complexity index is 565. The fourth-order valence-corrected chi connectivity index (χ4v) is 2.62. The third-order valence-corrected chi connectivity index (χ3v) is 4.01. The summed E-state index contributed by atoms with van der Waals surface area (Å²) in [5.74, 6) is -1.63. The molecular formula is C14H17Cl2F4N3O. The first kappa shape index (κ1) is 21.0. The molecule has 0 aliphatic carbocycles. The van der Waals surface area contributed by atoms with Gasteiger partial charge in [0.2, 0.25) is 0 Å². The number of rotatable bonds is 4. The van der Waals surface area contributed by atoms with Gasteiger partial charge in [-0.1, -0.05) is 17.7 Å². The molecule has 2 N–H and O–H groups in total. The second-order valence-electron chi connectivity index (χ2n) is 5.15. The summed E-state index contributed by atoms with van der Waals surface area (Å²) in [6.07, 6.45) is -4.48. The maximum atomic E-state index is 13.3. The number of halogens is 6. The van der Waals surface area contributed by atoms with E-state index < -0.39 is 35.5 Å². The van der Waals surface area contributed by atoms with Gasteiger partial charge in [0.15, 0.2) is 0 Å². The summed E-state index contributed by atoms with van der Waals surface area (Å²) in [4.78, 5) is 13.2. The van der Waals surface area contributed by atoms with Crippen molar-refractivity contribution in [2.45, 2.75) is 12.2 Å². The van der Waals surface area contributed by atoms with E-state index in [2.05, 4.69) is 10.6 Å². The first-order chi connectivity index (χ1) is 10.8. The van der Waals surface area contributed by atoms with Crippen LogP contribution in [0.2, 0.25) is 5.02 Å². The van der Waals surface area contributed by atoms with E-state index >= 15 is 0 Å². The fourth-order valence-electron chi connectivity index (χ4n) is 2.41. The van der Waals surface area contributed by atoms with Crippen LogP contribution in [0.3, 0.4) is 0 Å². The summed E-state index contributed by atoms with van der Waals surface area (Å²) < 4.78 is 52.9. The number of benzene rings is 1. The molecular weight excluding hydrogens is 373 g/mol. The first-order valence-electron chi connectivity index (χ1n) is 7.04. The smallest absolute Gasteiger partial charge is 0.350 e. The van der Waals surface area contributed by atoms with Crippen molar-refractivity contribution in [2.75, 3.05) is 32.7 Å². The molecule has 0 bridgehead atoms. The van der Waals surface area contributed by atoms with Crippen LogP contribution in [-0.2, 0) is 0 Å². The van der Waals surface area contributed by atoms with E-state index in [4.69, 9.17) is 11.6 Å². The topological polar surface area (TPSA) is 44.4 Å². The van der Waals surface area contributed by atoms with E-state index in [1.165, 1.54) is 17.0 Å². The third kappa shape index (κ3) is 5.20. The Morgan fingerprint density at radius 2 is 1.96 bits per heavy atom. The fraction of sp³-hybridized carbons (Fsp3) is 0.500. The molecule has 2 rings (SSSR count). The molecule has 10 heteroatoms. The standard InChI is InChI=1S/C14H16ClF4N3O.ClH/c15-12-9(2-1-3-10(12)16)13(23)21-8-11(14(17,18)19)22-6-4-20-5-7-22;/h1-3,11,20H,4-8H2,(H,21,23);1H. The Hall–Kier alpha value is -1.09. The number of hydrogen-bond acceptors (Lipinski definition) is 3. The zero-order chi connectivity index (χ0) is 17.0. The summed E-state index contributed by atoms with van der Waals surface area (Å²) in [5, 5.41) is 4.76. The molecule has 1 amide bonds. The van der Waals surface area contributed by atoms with Crippen LogP contribution in [0.15, 0.2) is 18.2 Å². The molecule has 0 saturated carbocycles. The minimum Gasteiger partial charge on any atom is -0.350 e. The molecule has 24 heavy (non-hydrogen) atoms. The molecule has 0 aromatic heterocycles. The lowest BCUT2D eigenvalue weighted by molar-refractivity contribution is -0.183. The Morgan fingerprint density at radius 3 is 2.54 bits per heavy atom. The number of amides is 1. The van der Waals surface area contributed by atoms with E-state index in [0.717, 1.165) is 6.07 Å². The highest BCUT2D eigenvalue weighted by atomic mass is 35.5. The second-order valence-corrected chi connectivity index (χ2v) is 5.53. The zero-order valence-electron chi connectivity index (χ0n) is 12.5. The van der Waals surface area contributed by atoms with E-state index in [9.17, 15) is 22.4 Å². The molecule has 1 atom stereocenters. The number of hydrogen-bond donors (Lipinski definition) is 2. The van der Waals surface area contributed by atoms with E-state index in [1.807, 2.05) is 0 Å². The second kappa shape index (κ2) is 8.84. The van der Waals surface area contributed by atoms with Crippen LogP contribution >= 0.6 is 24.0 Å². The van der Waals surface area contributed by atoms with Crippen molar-refractivity contribution in [3.8, 4) is 0 Å². The molecule has 1 saturated heterocycles. The van der Waals surface area contributed by atoms with Crippen LogP contribution in [0.25, 0.3) is 0 Å². The molecule has 1 fully saturated rings. The lowest BCUT2D eigenvalue weighted by atomic mass is 10.1. The van der Waals surface area contributed by atoms with Crippen LogP contribution in [0, 0.1) is 5.82 Å². The normalized spacial score (nSPS) is 17.0. The van der Waals surface area contributed by atoms with Crippen LogP contribution in [0.1, 0.15) is 10.4 Å². The van der Waals surface area contributed by atoms with Crippen molar-refractivity contribution in [3.05, 3.63) is 34.6 Å². The van der Waals surface area contributed by atoms with Crippen molar-refractivity contribution in [1.29, 1.82) is 0 Å². The number of alkyl halides is 3. The van der Waals surface area contributed by atoms with Gasteiger partial charge in [-0.3, -0.25) is 9.69 Å². The summed E-state index contributed by atoms with van der Waals surface area (Å²) in [7, 11) is 0. The highest BCUT2D eigenvalue weighted by Gasteiger charge is 2.43. The number of carbonyl (C=O) groups is 1. The van der Waals surface area contributed by atoms with Gasteiger partial charge < -0.3 is 10.6 Å². The van der Waals surface area contributed by atoms with Gasteiger partial charge in [-0.2, -0.15) is 13.2 Å². The van der Waals surface area contributed by atoms with E-state index in [0.29, 0.717) is 13.1 Å². The Balaban J connectivity index is 0.00000288. The van der Waals surface area contributed by atoms with Crippen LogP contribution < -0.4 is 10.6 Å². The number of nitrogens with zero attached hydrogens (tertiary/aromatic N) is 1. The molecule has 1 aliphatic rings. The predicted octanol–water partition coefficient (Wildman–Crippen LogP) is 2.47. The van der Waals surface area contributed by atoms with Gasteiger partial charge in [-0.25, -0.2) is 4.39 Å². The van der Waals surface area contributed by atoms with Crippen molar-refractivity contribution >= 4 is 29.9 Å². The zero-order valence-corrected chi connectivity index (χ0v) is 14.1. The lowest BCUT2D eigenvalue weighted by Gasteiger charge is -2.35. The number of carbonyl (C=O) groups excluding carboxylic acids is 1. The van der Waals surface area contributed by atoms with E-state index in [-0.39, 0.29) is 31.1 Å². The molecule has 1 aromatic rings. The van der Waals surface area contributed by atoms with Gasteiger partial charge in [-0.05, 0) is 12.1 Å². The lowest BCUT2D eigenvalue weighted by Crippen LogP contribution is -2.57. The SMILES string of the molecule is Cl.O=C(NCC(N1CCNCC1)C(F)(F)F)c1cccc(F)c1Cl. The maximum Gasteiger partial charge on any atom is 0.405 e. The molecule has 4 nitrogen and oxygen atoms in total. The molecule has 1 unspecified atom stereocenters. The van der Waals surface area contributed by atoms with Crippen molar-refractivity contribution in [3.63, 3.8) is 0 Å². The monoisotopic (exact) mass is 389 g/mol. The minimum atomic E-state index is -4.48. The Kier molecular flexibility index (Phi) is 7.72. The average molecular weight is 390 g/mol. The van der Waals surface area contributed by atoms with Gasteiger partial charge in [0.1, 0.15) is 11.9 Å². The van der Waals surface area contributed by atoms with Crippen molar-refractivity contribution in [1.82, 2.24) is 15.5 Å². The van der Waals surface area contributed by atoms with Crippen LogP contribution in [0.4, 0.5) is 17.6 Å². The predicted molar refractivity (Wildman–Crippen MR) is 85.3 cm³/mol. The molecule has 1 heterocycles.